The number of nitrogen functional groups attached to an aromatic ring is 1. The number of nitrogens with one attached hydrogen (secondary N) is 1. The van der Waals surface area contributed by atoms with Crippen molar-refractivity contribution in [3.63, 3.8) is 0 Å². The third-order valence-corrected chi connectivity index (χ3v) is 3.01. The first-order chi connectivity index (χ1) is 7.84. The number of nitrogens with zero attached hydrogens (tertiary/aromatic N) is 2. The number of nitrogens with two attached hydrogens (primary N) is 1. The van der Waals surface area contributed by atoms with Crippen molar-refractivity contribution in [3.8, 4) is 0 Å². The summed E-state index contributed by atoms with van der Waals surface area (Å²) in [6.07, 6.45) is 3.98. The molecule has 0 atom stereocenters. The number of benzene rings is 1. The largest absolute Gasteiger partial charge is 0.397 e. The zero-order valence-corrected chi connectivity index (χ0v) is 8.94. The Labute approximate surface area is 93.0 Å². The number of fused-ring (bicyclic) bond motifs is 1. The quantitative estimate of drug-likeness (QED) is 0.768. The van der Waals surface area contributed by atoms with Crippen molar-refractivity contribution in [2.45, 2.75) is 19.3 Å². The molecule has 16 heavy (non-hydrogen) atoms. The van der Waals surface area contributed by atoms with E-state index in [1.807, 2.05) is 12.1 Å². The minimum absolute atomic E-state index is 0.601. The van der Waals surface area contributed by atoms with Gasteiger partial charge in [0.2, 0.25) is 0 Å². The van der Waals surface area contributed by atoms with Crippen LogP contribution in [0.3, 0.4) is 0 Å². The van der Waals surface area contributed by atoms with Crippen LogP contribution in [0.25, 0.3) is 11.0 Å². The molecule has 1 fully saturated rings. The molecule has 3 N–H and O–H groups in total. The number of rotatable bonds is 4. The van der Waals surface area contributed by atoms with Crippen LogP contribution < -0.4 is 11.1 Å². The SMILES string of the molecule is Nc1ccc(NCCC2CC2)c2nonc12. The molecule has 0 unspecified atom stereocenters. The van der Waals surface area contributed by atoms with Crippen molar-refractivity contribution < 1.29 is 4.63 Å². The van der Waals surface area contributed by atoms with Gasteiger partial charge in [-0.25, -0.2) is 4.63 Å². The first-order valence-electron chi connectivity index (χ1n) is 5.59. The van der Waals surface area contributed by atoms with Crippen LogP contribution in [0.15, 0.2) is 16.8 Å². The Kier molecular flexibility index (Phi) is 2.16. The van der Waals surface area contributed by atoms with Crippen molar-refractivity contribution in [3.05, 3.63) is 12.1 Å². The molecular formula is C11H14N4O. The van der Waals surface area contributed by atoms with Gasteiger partial charge in [-0.05, 0) is 34.8 Å². The normalized spacial score (nSPS) is 15.5. The van der Waals surface area contributed by atoms with Crippen LogP contribution in [0.1, 0.15) is 19.3 Å². The summed E-state index contributed by atoms with van der Waals surface area (Å²) in [5.41, 5.74) is 8.67. The second kappa shape index (κ2) is 3.66. The second-order valence-electron chi connectivity index (χ2n) is 4.32. The van der Waals surface area contributed by atoms with E-state index in [9.17, 15) is 0 Å². The topological polar surface area (TPSA) is 77.0 Å². The zero-order valence-electron chi connectivity index (χ0n) is 8.94. The zero-order chi connectivity index (χ0) is 11.0. The Hall–Kier alpha value is -1.78. The van der Waals surface area contributed by atoms with Gasteiger partial charge in [0.05, 0.1) is 11.4 Å². The highest BCUT2D eigenvalue weighted by Gasteiger charge is 2.20. The highest BCUT2D eigenvalue weighted by molar-refractivity contribution is 5.94. The van der Waals surface area contributed by atoms with E-state index < -0.39 is 0 Å². The van der Waals surface area contributed by atoms with Gasteiger partial charge in [-0.3, -0.25) is 0 Å². The molecule has 84 valence electrons. The smallest absolute Gasteiger partial charge is 0.160 e. The number of hydrogen-bond acceptors (Lipinski definition) is 5. The van der Waals surface area contributed by atoms with Crippen molar-refractivity contribution in [1.82, 2.24) is 10.3 Å². The summed E-state index contributed by atoms with van der Waals surface area (Å²) < 4.78 is 4.71. The van der Waals surface area contributed by atoms with Gasteiger partial charge in [-0.1, -0.05) is 12.8 Å². The molecule has 0 saturated heterocycles. The van der Waals surface area contributed by atoms with Gasteiger partial charge < -0.3 is 11.1 Å². The molecule has 1 saturated carbocycles. The van der Waals surface area contributed by atoms with E-state index in [0.717, 1.165) is 23.7 Å². The number of aromatic nitrogens is 2. The molecule has 5 nitrogen and oxygen atoms in total. The van der Waals surface area contributed by atoms with Crippen molar-refractivity contribution in [2.24, 2.45) is 5.92 Å². The molecule has 3 rings (SSSR count). The van der Waals surface area contributed by atoms with E-state index in [1.165, 1.54) is 19.3 Å². The first-order valence-corrected chi connectivity index (χ1v) is 5.59. The first kappa shape index (κ1) is 9.45. The molecule has 0 radical (unpaired) electrons. The van der Waals surface area contributed by atoms with Gasteiger partial charge in [0.25, 0.3) is 0 Å². The molecule has 1 aliphatic rings. The summed E-state index contributed by atoms with van der Waals surface area (Å²) in [5.74, 6) is 0.923. The highest BCUT2D eigenvalue weighted by atomic mass is 16.6. The fraction of sp³-hybridized carbons (Fsp3) is 0.455. The van der Waals surface area contributed by atoms with E-state index in [0.29, 0.717) is 11.2 Å². The number of anilines is 2. The molecule has 1 heterocycles. The lowest BCUT2D eigenvalue weighted by Gasteiger charge is -2.05. The maximum atomic E-state index is 5.77. The van der Waals surface area contributed by atoms with E-state index >= 15 is 0 Å². The van der Waals surface area contributed by atoms with Crippen LogP contribution in [0, 0.1) is 5.92 Å². The molecule has 2 aromatic rings. The summed E-state index contributed by atoms with van der Waals surface area (Å²) in [6.45, 7) is 0.969. The summed E-state index contributed by atoms with van der Waals surface area (Å²) in [4.78, 5) is 0. The minimum Gasteiger partial charge on any atom is -0.397 e. The molecule has 1 aromatic carbocycles. The van der Waals surface area contributed by atoms with Crippen molar-refractivity contribution >= 4 is 22.4 Å². The van der Waals surface area contributed by atoms with Crippen LogP contribution in [-0.4, -0.2) is 16.9 Å². The highest BCUT2D eigenvalue weighted by Crippen LogP contribution is 2.32. The summed E-state index contributed by atoms with van der Waals surface area (Å²) in [5, 5.41) is 11.0. The maximum absolute atomic E-state index is 5.77. The van der Waals surface area contributed by atoms with E-state index in [1.54, 1.807) is 0 Å². The van der Waals surface area contributed by atoms with Gasteiger partial charge >= 0.3 is 0 Å². The van der Waals surface area contributed by atoms with Crippen LogP contribution >= 0.6 is 0 Å². The monoisotopic (exact) mass is 218 g/mol. The van der Waals surface area contributed by atoms with E-state index in [4.69, 9.17) is 10.4 Å². The standard InChI is InChI=1S/C11H14N4O/c12-8-3-4-9(11-10(8)14-16-15-11)13-6-5-7-1-2-7/h3-4,7,13H,1-2,5-6,12H2. The van der Waals surface area contributed by atoms with Crippen molar-refractivity contribution in [2.75, 3.05) is 17.6 Å². The molecule has 0 spiro atoms. The Morgan fingerprint density at radius 3 is 2.94 bits per heavy atom. The maximum Gasteiger partial charge on any atom is 0.160 e. The van der Waals surface area contributed by atoms with Gasteiger partial charge in [0.15, 0.2) is 11.0 Å². The summed E-state index contributed by atoms with van der Waals surface area (Å²) in [7, 11) is 0. The summed E-state index contributed by atoms with van der Waals surface area (Å²) >= 11 is 0. The van der Waals surface area contributed by atoms with Gasteiger partial charge in [-0.15, -0.1) is 0 Å². The fourth-order valence-corrected chi connectivity index (χ4v) is 1.85. The average Bonchev–Trinajstić information content (AvgIpc) is 2.95. The van der Waals surface area contributed by atoms with Crippen LogP contribution in [0.2, 0.25) is 0 Å². The molecule has 0 bridgehead atoms. The molecule has 5 heteroatoms. The van der Waals surface area contributed by atoms with Crippen LogP contribution in [0.4, 0.5) is 11.4 Å². The Morgan fingerprint density at radius 1 is 1.31 bits per heavy atom. The lowest BCUT2D eigenvalue weighted by atomic mass is 10.2. The molecule has 0 amide bonds. The average molecular weight is 218 g/mol. The molecular weight excluding hydrogens is 204 g/mol. The second-order valence-corrected chi connectivity index (χ2v) is 4.32. The van der Waals surface area contributed by atoms with Gasteiger partial charge in [-0.2, -0.15) is 0 Å². The predicted molar refractivity (Wildman–Crippen MR) is 62.0 cm³/mol. The Bertz CT molecular complexity index is 504. The van der Waals surface area contributed by atoms with E-state index in [2.05, 4.69) is 15.6 Å². The van der Waals surface area contributed by atoms with Crippen LogP contribution in [0.5, 0.6) is 0 Å². The Morgan fingerprint density at radius 2 is 2.12 bits per heavy atom. The van der Waals surface area contributed by atoms with Crippen LogP contribution in [-0.2, 0) is 0 Å². The van der Waals surface area contributed by atoms with Crippen molar-refractivity contribution in [1.29, 1.82) is 0 Å². The summed E-state index contributed by atoms with van der Waals surface area (Å²) in [6, 6.07) is 3.75. The molecule has 1 aromatic heterocycles. The Balaban J connectivity index is 1.79. The third-order valence-electron chi connectivity index (χ3n) is 3.01. The molecule has 1 aliphatic carbocycles. The lowest BCUT2D eigenvalue weighted by Crippen LogP contribution is -2.03. The molecule has 0 aliphatic heterocycles. The lowest BCUT2D eigenvalue weighted by molar-refractivity contribution is 0.316. The third kappa shape index (κ3) is 1.68. The van der Waals surface area contributed by atoms with Gasteiger partial charge in [0.1, 0.15) is 0 Å². The van der Waals surface area contributed by atoms with E-state index in [-0.39, 0.29) is 0 Å². The minimum atomic E-state index is 0.601. The predicted octanol–water partition coefficient (Wildman–Crippen LogP) is 2.02. The fourth-order valence-electron chi connectivity index (χ4n) is 1.85. The number of hydrogen-bond donors (Lipinski definition) is 2. The van der Waals surface area contributed by atoms with Gasteiger partial charge in [0, 0.05) is 6.54 Å².